The summed E-state index contributed by atoms with van der Waals surface area (Å²) in [7, 11) is 1.16. The van der Waals surface area contributed by atoms with Crippen LogP contribution in [0.4, 0.5) is 0 Å². The number of hydrogen-bond acceptors (Lipinski definition) is 13. The van der Waals surface area contributed by atoms with Crippen LogP contribution in [-0.4, -0.2) is 105 Å². The van der Waals surface area contributed by atoms with E-state index in [1.807, 2.05) is 0 Å². The molecule has 1 saturated carbocycles. The van der Waals surface area contributed by atoms with Crippen LogP contribution in [0.25, 0.3) is 6.08 Å². The molecule has 11 atom stereocenters. The van der Waals surface area contributed by atoms with Crippen molar-refractivity contribution in [1.29, 1.82) is 0 Å². The van der Waals surface area contributed by atoms with Crippen LogP contribution in [0.5, 0.6) is 5.75 Å². The average molecular weight is 553 g/mol. The summed E-state index contributed by atoms with van der Waals surface area (Å²) in [5.41, 5.74) is 0.601. The lowest BCUT2D eigenvalue weighted by atomic mass is 9.82. The van der Waals surface area contributed by atoms with Crippen LogP contribution in [0.2, 0.25) is 0 Å². The van der Waals surface area contributed by atoms with Gasteiger partial charge in [0.25, 0.3) is 0 Å². The van der Waals surface area contributed by atoms with Crippen molar-refractivity contribution in [2.75, 3.05) is 13.7 Å². The number of ether oxygens (including phenoxy) is 5. The van der Waals surface area contributed by atoms with E-state index in [0.717, 1.165) is 19.4 Å². The normalized spacial score (nSPS) is 38.0. The number of methoxy groups -OCH3 is 1. The molecule has 3 aliphatic rings. The van der Waals surface area contributed by atoms with Crippen LogP contribution in [0, 0.1) is 17.8 Å². The van der Waals surface area contributed by atoms with Crippen LogP contribution in [0.1, 0.15) is 12.5 Å². The average Bonchev–Trinajstić information content (AvgIpc) is 3.18. The van der Waals surface area contributed by atoms with Gasteiger partial charge in [-0.3, -0.25) is 0 Å². The largest absolute Gasteiger partial charge is 0.508 e. The van der Waals surface area contributed by atoms with Crippen molar-refractivity contribution < 1.29 is 63.9 Å². The van der Waals surface area contributed by atoms with Crippen molar-refractivity contribution in [2.24, 2.45) is 17.8 Å². The fraction of sp³-hybridized carbons (Fsp3) is 0.538. The van der Waals surface area contributed by atoms with Gasteiger partial charge in [-0.15, -0.1) is 0 Å². The van der Waals surface area contributed by atoms with Crippen LogP contribution < -0.4 is 0 Å². The zero-order valence-electron chi connectivity index (χ0n) is 21.1. The molecule has 6 N–H and O–H groups in total. The summed E-state index contributed by atoms with van der Waals surface area (Å²) >= 11 is 0. The molecular weight excluding hydrogens is 520 g/mol. The van der Waals surface area contributed by atoms with Gasteiger partial charge in [0.05, 0.1) is 31.7 Å². The van der Waals surface area contributed by atoms with Gasteiger partial charge >= 0.3 is 11.9 Å². The summed E-state index contributed by atoms with van der Waals surface area (Å²) in [5, 5.41) is 60.6. The topological polar surface area (TPSA) is 202 Å². The third kappa shape index (κ3) is 5.79. The molecule has 0 aromatic heterocycles. The van der Waals surface area contributed by atoms with Crippen LogP contribution in [0.15, 0.2) is 42.2 Å². The van der Waals surface area contributed by atoms with Crippen molar-refractivity contribution in [3.05, 3.63) is 47.7 Å². The second kappa shape index (κ2) is 12.0. The molecule has 1 aliphatic carbocycles. The van der Waals surface area contributed by atoms with Crippen LogP contribution in [-0.2, 0) is 33.3 Å². The Morgan fingerprint density at radius 3 is 2.33 bits per heavy atom. The Labute approximate surface area is 223 Å². The van der Waals surface area contributed by atoms with Crippen molar-refractivity contribution in [2.45, 2.75) is 56.1 Å². The maximum atomic E-state index is 12.6. The van der Waals surface area contributed by atoms with E-state index in [1.165, 1.54) is 18.2 Å². The van der Waals surface area contributed by atoms with Crippen LogP contribution >= 0.6 is 0 Å². The van der Waals surface area contributed by atoms with E-state index in [-0.39, 0.29) is 11.3 Å². The minimum atomic E-state index is -1.71. The van der Waals surface area contributed by atoms with E-state index >= 15 is 0 Å². The van der Waals surface area contributed by atoms with Crippen molar-refractivity contribution in [3.8, 4) is 5.75 Å². The molecule has 1 aromatic carbocycles. The third-order valence-electron chi connectivity index (χ3n) is 7.34. The molecule has 39 heavy (non-hydrogen) atoms. The van der Waals surface area contributed by atoms with E-state index in [0.29, 0.717) is 5.56 Å². The number of phenolic OH excluding ortho intramolecular Hbond substituents is 1. The molecule has 0 radical (unpaired) electrons. The molecule has 1 saturated heterocycles. The van der Waals surface area contributed by atoms with Gasteiger partial charge < -0.3 is 54.3 Å². The quantitative estimate of drug-likeness (QED) is 0.174. The highest BCUT2D eigenvalue weighted by Crippen LogP contribution is 2.49. The summed E-state index contributed by atoms with van der Waals surface area (Å²) in [6, 6.07) is 6.09. The number of carbonyl (C=O) groups excluding carboxylic acids is 2. The van der Waals surface area contributed by atoms with Gasteiger partial charge in [-0.25, -0.2) is 9.59 Å². The van der Waals surface area contributed by atoms with E-state index < -0.39 is 85.5 Å². The lowest BCUT2D eigenvalue weighted by Crippen LogP contribution is -2.60. The Hall–Kier alpha value is -3.04. The molecule has 0 bridgehead atoms. The highest BCUT2D eigenvalue weighted by atomic mass is 16.8. The predicted molar refractivity (Wildman–Crippen MR) is 129 cm³/mol. The molecule has 0 spiro atoms. The molecule has 2 heterocycles. The zero-order chi connectivity index (χ0) is 28.4. The third-order valence-corrected chi connectivity index (χ3v) is 7.34. The van der Waals surface area contributed by atoms with Crippen molar-refractivity contribution >= 4 is 18.0 Å². The molecule has 214 valence electrons. The van der Waals surface area contributed by atoms with Gasteiger partial charge in [-0.1, -0.05) is 19.1 Å². The Morgan fingerprint density at radius 1 is 1.00 bits per heavy atom. The summed E-state index contributed by atoms with van der Waals surface area (Å²) in [4.78, 5) is 25.1. The minimum absolute atomic E-state index is 0.0197. The van der Waals surface area contributed by atoms with Crippen LogP contribution in [0.3, 0.4) is 0 Å². The highest BCUT2D eigenvalue weighted by Gasteiger charge is 2.59. The molecule has 2 fully saturated rings. The number of benzene rings is 1. The van der Waals surface area contributed by atoms with Crippen molar-refractivity contribution in [1.82, 2.24) is 0 Å². The monoisotopic (exact) mass is 552 g/mol. The summed E-state index contributed by atoms with van der Waals surface area (Å²) < 4.78 is 27.2. The number of phenols is 1. The highest BCUT2D eigenvalue weighted by molar-refractivity contribution is 5.89. The van der Waals surface area contributed by atoms with Gasteiger partial charge in [-0.2, -0.15) is 0 Å². The molecule has 2 aliphatic heterocycles. The maximum absolute atomic E-state index is 12.6. The minimum Gasteiger partial charge on any atom is -0.508 e. The molecule has 4 rings (SSSR count). The molecule has 0 amide bonds. The number of fused-ring (bicyclic) bond motifs is 1. The van der Waals surface area contributed by atoms with E-state index in [2.05, 4.69) is 0 Å². The number of esters is 2. The first kappa shape index (κ1) is 29.0. The number of aliphatic hydroxyl groups is 5. The van der Waals surface area contributed by atoms with Crippen molar-refractivity contribution in [3.63, 3.8) is 0 Å². The molecular formula is C26H32O13. The molecule has 1 aromatic rings. The Bertz CT molecular complexity index is 1080. The summed E-state index contributed by atoms with van der Waals surface area (Å²) in [6.07, 6.45) is -7.83. The maximum Gasteiger partial charge on any atom is 0.337 e. The smallest absolute Gasteiger partial charge is 0.337 e. The SMILES string of the molecule is COC(=O)C1=COC(OC2OC(CO)C(O)C(O)C2O)C2C(C)C(OC(=O)C=Cc3ccc(O)cc3)C(O)C12. The zero-order valence-corrected chi connectivity index (χ0v) is 21.1. The predicted octanol–water partition coefficient (Wildman–Crippen LogP) is -1.21. The number of carbonyl (C=O) groups is 2. The first-order chi connectivity index (χ1) is 18.6. The summed E-state index contributed by atoms with van der Waals surface area (Å²) in [6.45, 7) is 0.988. The second-order valence-corrected chi connectivity index (χ2v) is 9.68. The number of aliphatic hydroxyl groups excluding tert-OH is 5. The number of aromatic hydroxyl groups is 1. The summed E-state index contributed by atoms with van der Waals surface area (Å²) in [5.74, 6) is -3.91. The number of rotatable bonds is 7. The Morgan fingerprint density at radius 2 is 1.69 bits per heavy atom. The van der Waals surface area contributed by atoms with E-state index in [1.54, 1.807) is 19.1 Å². The Kier molecular flexibility index (Phi) is 8.91. The number of hydrogen-bond donors (Lipinski definition) is 6. The first-order valence-electron chi connectivity index (χ1n) is 12.3. The van der Waals surface area contributed by atoms with Gasteiger partial charge in [0, 0.05) is 23.8 Å². The van der Waals surface area contributed by atoms with Gasteiger partial charge in [0.1, 0.15) is 36.3 Å². The van der Waals surface area contributed by atoms with E-state index in [9.17, 15) is 40.2 Å². The van der Waals surface area contributed by atoms with E-state index in [4.69, 9.17) is 23.7 Å². The fourth-order valence-electron chi connectivity index (χ4n) is 5.24. The lowest BCUT2D eigenvalue weighted by molar-refractivity contribution is -0.343. The molecule has 11 unspecified atom stereocenters. The second-order valence-electron chi connectivity index (χ2n) is 9.68. The lowest BCUT2D eigenvalue weighted by Gasteiger charge is -2.43. The van der Waals surface area contributed by atoms with Gasteiger partial charge in [0.15, 0.2) is 6.29 Å². The van der Waals surface area contributed by atoms with Gasteiger partial charge in [0.2, 0.25) is 6.29 Å². The van der Waals surface area contributed by atoms with Gasteiger partial charge in [-0.05, 0) is 23.8 Å². The first-order valence-corrected chi connectivity index (χ1v) is 12.3. The molecule has 13 nitrogen and oxygen atoms in total. The Balaban J connectivity index is 1.54. The molecule has 13 heteroatoms. The fourth-order valence-corrected chi connectivity index (χ4v) is 5.24. The standard InChI is InChI=1S/C26H32O13/c1-11-17-18(20(31)23(11)38-16(29)8-5-12-3-6-13(28)7-4-12)14(24(34)35-2)10-36-25(17)39-26-22(33)21(32)19(30)15(9-27)37-26/h3-8,10-11,15,17-23,25-28,30-33H,9H2,1-2H3.